The molecule has 0 unspecified atom stereocenters. The number of nitrogens with two attached hydrogens (primary N) is 1. The number of phenols is 1. The minimum Gasteiger partial charge on any atom is -0.508 e. The van der Waals surface area contributed by atoms with Crippen molar-refractivity contribution in [2.24, 2.45) is 0 Å². The molecule has 1 aliphatic rings. The zero-order valence-corrected chi connectivity index (χ0v) is 20.2. The number of nitrogen functional groups attached to an aromatic ring is 1. The number of benzene rings is 2. The summed E-state index contributed by atoms with van der Waals surface area (Å²) >= 11 is 0. The van der Waals surface area contributed by atoms with Gasteiger partial charge in [0, 0.05) is 42.9 Å². The van der Waals surface area contributed by atoms with Gasteiger partial charge in [-0.25, -0.2) is 14.8 Å². The highest BCUT2D eigenvalue weighted by Gasteiger charge is 2.38. The van der Waals surface area contributed by atoms with Gasteiger partial charge in [0.15, 0.2) is 0 Å². The Morgan fingerprint density at radius 1 is 1.00 bits per heavy atom. The second-order valence-electron chi connectivity index (χ2n) is 8.46. The molecule has 1 aromatic heterocycles. The van der Waals surface area contributed by atoms with Gasteiger partial charge in [-0.2, -0.15) is 13.2 Å². The Morgan fingerprint density at radius 2 is 1.57 bits per heavy atom. The maximum absolute atomic E-state index is 12.9. The summed E-state index contributed by atoms with van der Waals surface area (Å²) in [6.45, 7) is 5.22. The van der Waals surface area contributed by atoms with Crippen LogP contribution in [0.15, 0.2) is 48.7 Å². The molecule has 0 spiro atoms. The third-order valence-electron chi connectivity index (χ3n) is 5.73. The quantitative estimate of drug-likeness (QED) is 0.481. The van der Waals surface area contributed by atoms with Crippen LogP contribution in [0.25, 0.3) is 22.5 Å². The number of carbonyl (C=O) groups excluding carboxylic acids is 1. The van der Waals surface area contributed by atoms with Crippen molar-refractivity contribution in [2.45, 2.75) is 13.1 Å². The SMILES string of the molecule is Cc1cc(-c2cnc(N)c(-c3ccc(O)cc3)n2)ccc1C(=O)N1CCN(C)CC1.O=C(O)C(F)(F)F. The largest absolute Gasteiger partial charge is 0.508 e. The Morgan fingerprint density at radius 3 is 2.11 bits per heavy atom. The van der Waals surface area contributed by atoms with Crippen LogP contribution in [0.2, 0.25) is 0 Å². The number of likely N-dealkylation sites (N-methyl/N-ethyl adjacent to an activating group) is 1. The van der Waals surface area contributed by atoms with Crippen LogP contribution >= 0.6 is 0 Å². The third kappa shape index (κ3) is 6.94. The summed E-state index contributed by atoms with van der Waals surface area (Å²) in [6, 6.07) is 12.4. The van der Waals surface area contributed by atoms with E-state index in [4.69, 9.17) is 15.6 Å². The molecule has 2 aromatic carbocycles. The number of rotatable bonds is 3. The molecule has 196 valence electrons. The zero-order valence-electron chi connectivity index (χ0n) is 20.2. The summed E-state index contributed by atoms with van der Waals surface area (Å²) in [4.78, 5) is 34.9. The standard InChI is InChI=1S/C23H25N5O2.C2HF3O2/c1-15-13-17(5-8-19(15)23(30)28-11-9-27(2)10-12-28)20-14-25-22(24)21(26-20)16-3-6-18(29)7-4-16;3-2(4,5)1(6)7/h3-8,13-14,29H,9-12H2,1-2H3,(H2,24,25);(H,6,7). The van der Waals surface area contributed by atoms with Gasteiger partial charge in [0.2, 0.25) is 0 Å². The fourth-order valence-corrected chi connectivity index (χ4v) is 3.61. The monoisotopic (exact) mass is 517 g/mol. The smallest absolute Gasteiger partial charge is 0.490 e. The minimum absolute atomic E-state index is 0.0697. The van der Waals surface area contributed by atoms with Gasteiger partial charge in [-0.3, -0.25) is 4.79 Å². The van der Waals surface area contributed by atoms with Crippen molar-refractivity contribution < 1.29 is 33.0 Å². The zero-order chi connectivity index (χ0) is 27.3. The van der Waals surface area contributed by atoms with Crippen LogP contribution < -0.4 is 5.73 Å². The number of hydrogen-bond donors (Lipinski definition) is 3. The average molecular weight is 518 g/mol. The molecule has 0 bridgehead atoms. The van der Waals surface area contributed by atoms with E-state index in [9.17, 15) is 23.1 Å². The van der Waals surface area contributed by atoms with Crippen molar-refractivity contribution in [3.8, 4) is 28.3 Å². The molecule has 0 aliphatic carbocycles. The topological polar surface area (TPSA) is 133 Å². The summed E-state index contributed by atoms with van der Waals surface area (Å²) < 4.78 is 31.7. The Bertz CT molecular complexity index is 1270. The highest BCUT2D eigenvalue weighted by atomic mass is 19.4. The molecule has 4 rings (SSSR count). The summed E-state index contributed by atoms with van der Waals surface area (Å²) in [5.41, 5.74) is 10.5. The molecule has 1 aliphatic heterocycles. The number of aromatic hydroxyl groups is 1. The number of aliphatic carboxylic acids is 1. The number of nitrogens with zero attached hydrogens (tertiary/aromatic N) is 4. The number of carbonyl (C=O) groups is 2. The lowest BCUT2D eigenvalue weighted by Gasteiger charge is -2.32. The van der Waals surface area contributed by atoms with Crippen LogP contribution in [-0.4, -0.2) is 81.3 Å². The fraction of sp³-hybridized carbons (Fsp3) is 0.280. The first-order valence-electron chi connectivity index (χ1n) is 11.2. The van der Waals surface area contributed by atoms with E-state index in [0.717, 1.165) is 42.9 Å². The Labute approximate surface area is 211 Å². The summed E-state index contributed by atoms with van der Waals surface area (Å²) in [7, 11) is 2.07. The van der Waals surface area contributed by atoms with Gasteiger partial charge < -0.3 is 25.7 Å². The van der Waals surface area contributed by atoms with Gasteiger partial charge in [0.1, 0.15) is 17.3 Å². The molecule has 0 radical (unpaired) electrons. The lowest BCUT2D eigenvalue weighted by Crippen LogP contribution is -2.47. The van der Waals surface area contributed by atoms with Gasteiger partial charge in [-0.1, -0.05) is 6.07 Å². The molecule has 4 N–H and O–H groups in total. The number of phenolic OH excluding ortho intramolecular Hbond substituents is 1. The van der Waals surface area contributed by atoms with E-state index in [2.05, 4.69) is 21.9 Å². The van der Waals surface area contributed by atoms with Gasteiger partial charge in [-0.05, 0) is 55.9 Å². The summed E-state index contributed by atoms with van der Waals surface area (Å²) in [5, 5.41) is 16.6. The number of hydrogen-bond acceptors (Lipinski definition) is 7. The van der Waals surface area contributed by atoms with E-state index in [-0.39, 0.29) is 11.7 Å². The molecule has 0 atom stereocenters. The van der Waals surface area contributed by atoms with Gasteiger partial charge in [0.05, 0.1) is 11.9 Å². The van der Waals surface area contributed by atoms with Crippen LogP contribution in [0.5, 0.6) is 5.75 Å². The van der Waals surface area contributed by atoms with E-state index in [1.807, 2.05) is 30.0 Å². The number of carboxylic acid groups (broad SMARTS) is 1. The molecule has 3 aromatic rings. The number of amides is 1. The Balaban J connectivity index is 0.000000479. The molecule has 12 heteroatoms. The number of aromatic nitrogens is 2. The lowest BCUT2D eigenvalue weighted by molar-refractivity contribution is -0.192. The van der Waals surface area contributed by atoms with Crippen molar-refractivity contribution in [1.82, 2.24) is 19.8 Å². The highest BCUT2D eigenvalue weighted by Crippen LogP contribution is 2.28. The van der Waals surface area contributed by atoms with E-state index in [1.165, 1.54) is 0 Å². The first kappa shape index (κ1) is 27.4. The van der Waals surface area contributed by atoms with E-state index >= 15 is 0 Å². The van der Waals surface area contributed by atoms with Gasteiger partial charge in [0.25, 0.3) is 5.91 Å². The normalized spacial score (nSPS) is 14.0. The first-order chi connectivity index (χ1) is 17.4. The summed E-state index contributed by atoms with van der Waals surface area (Å²) in [5.74, 6) is -2.19. The predicted octanol–water partition coefficient (Wildman–Crippen LogP) is 3.43. The van der Waals surface area contributed by atoms with Crippen LogP contribution in [0.1, 0.15) is 15.9 Å². The molecule has 37 heavy (non-hydrogen) atoms. The van der Waals surface area contributed by atoms with Gasteiger partial charge >= 0.3 is 12.1 Å². The van der Waals surface area contributed by atoms with Gasteiger partial charge in [-0.15, -0.1) is 0 Å². The van der Waals surface area contributed by atoms with Crippen LogP contribution in [-0.2, 0) is 4.79 Å². The molecule has 1 fully saturated rings. The highest BCUT2D eigenvalue weighted by molar-refractivity contribution is 5.96. The number of aryl methyl sites for hydroxylation is 1. The molecule has 2 heterocycles. The Hall–Kier alpha value is -4.19. The average Bonchev–Trinajstić information content (AvgIpc) is 2.85. The summed E-state index contributed by atoms with van der Waals surface area (Å²) in [6.07, 6.45) is -3.45. The first-order valence-corrected chi connectivity index (χ1v) is 11.2. The number of alkyl halides is 3. The maximum Gasteiger partial charge on any atom is 0.490 e. The third-order valence-corrected chi connectivity index (χ3v) is 5.73. The van der Waals surface area contributed by atoms with E-state index in [0.29, 0.717) is 22.8 Å². The molecule has 1 amide bonds. The van der Waals surface area contributed by atoms with Crippen LogP contribution in [0.4, 0.5) is 19.0 Å². The van der Waals surface area contributed by atoms with Crippen LogP contribution in [0, 0.1) is 6.92 Å². The van der Waals surface area contributed by atoms with E-state index in [1.54, 1.807) is 30.5 Å². The van der Waals surface area contributed by atoms with Crippen molar-refractivity contribution in [1.29, 1.82) is 0 Å². The minimum atomic E-state index is -5.08. The van der Waals surface area contributed by atoms with Crippen molar-refractivity contribution in [3.05, 3.63) is 59.8 Å². The van der Waals surface area contributed by atoms with Crippen LogP contribution in [0.3, 0.4) is 0 Å². The predicted molar refractivity (Wildman–Crippen MR) is 131 cm³/mol. The second kappa shape index (κ2) is 11.2. The molecular formula is C25H26F3N5O4. The number of carboxylic acids is 1. The fourth-order valence-electron chi connectivity index (χ4n) is 3.61. The molecule has 0 saturated carbocycles. The molecule has 1 saturated heterocycles. The Kier molecular flexibility index (Phi) is 8.33. The second-order valence-corrected chi connectivity index (χ2v) is 8.46. The number of halogens is 3. The van der Waals surface area contributed by atoms with Crippen molar-refractivity contribution in [2.75, 3.05) is 39.0 Å². The maximum atomic E-state index is 12.9. The lowest BCUT2D eigenvalue weighted by atomic mass is 10.0. The van der Waals surface area contributed by atoms with Crippen molar-refractivity contribution in [3.63, 3.8) is 0 Å². The molecule has 9 nitrogen and oxygen atoms in total. The van der Waals surface area contributed by atoms with E-state index < -0.39 is 12.1 Å². The van der Waals surface area contributed by atoms with Crippen molar-refractivity contribution >= 4 is 17.7 Å². The number of anilines is 1. The number of piperazine rings is 1. The molecular weight excluding hydrogens is 491 g/mol.